The van der Waals surface area contributed by atoms with Crippen molar-refractivity contribution in [3.05, 3.63) is 18.2 Å². The number of unbranched alkanes of at least 4 members (excludes halogenated alkanes) is 1. The fourth-order valence-electron chi connectivity index (χ4n) is 6.83. The lowest BCUT2D eigenvalue weighted by Crippen LogP contribution is -2.61. The van der Waals surface area contributed by atoms with E-state index in [4.69, 9.17) is 11.5 Å². The van der Waals surface area contributed by atoms with E-state index in [-0.39, 0.29) is 43.9 Å². The number of carboxylic acids is 2. The SMILES string of the molecule is CC[C@H](C)[C@H](NC(=O)CNC(=O)[C@@H](N)CS)C(=O)N[C@@H](Cc1cnc[nH]1)C(=O)N1CCC[C@H]1C(=O)N[C@@H](CCC(=O)O)C(=O)N[C@H](C(=O)N[C@@H](CCCCN)C(=O)N[C@@H](CS)C(=O)O)[C@@H](C)O. The maximum atomic E-state index is 14.4. The third-order valence-corrected chi connectivity index (χ3v) is 11.7. The molecule has 2 rings (SSSR count). The Kier molecular flexibility index (Phi) is 25.2. The maximum Gasteiger partial charge on any atom is 0.327 e. The van der Waals surface area contributed by atoms with Gasteiger partial charge in [0.25, 0.3) is 0 Å². The van der Waals surface area contributed by atoms with E-state index in [1.165, 1.54) is 17.4 Å². The number of H-pyrrole nitrogens is 1. The second kappa shape index (κ2) is 29.3. The predicted molar refractivity (Wildman–Crippen MR) is 246 cm³/mol. The van der Waals surface area contributed by atoms with Crippen LogP contribution in [0.2, 0.25) is 0 Å². The summed E-state index contributed by atoms with van der Waals surface area (Å²) >= 11 is 7.90. The Labute approximate surface area is 398 Å². The van der Waals surface area contributed by atoms with Crippen molar-refractivity contribution in [1.29, 1.82) is 0 Å². The first-order valence-corrected chi connectivity index (χ1v) is 23.1. The van der Waals surface area contributed by atoms with E-state index < -0.39 is 139 Å². The normalized spacial score (nSPS) is 17.4. The number of likely N-dealkylation sites (tertiary alicyclic amines) is 1. The van der Waals surface area contributed by atoms with Gasteiger partial charge in [-0.2, -0.15) is 25.3 Å². The van der Waals surface area contributed by atoms with Crippen molar-refractivity contribution >= 4 is 84.5 Å². The first-order chi connectivity index (χ1) is 31.7. The number of nitrogens with zero attached hydrogens (tertiary/aromatic N) is 2. The Morgan fingerprint density at radius 2 is 1.45 bits per heavy atom. The van der Waals surface area contributed by atoms with Gasteiger partial charge in [0.2, 0.25) is 47.3 Å². The molecule has 1 saturated heterocycles. The molecule has 0 aromatic carbocycles. The van der Waals surface area contributed by atoms with Crippen LogP contribution in [0.4, 0.5) is 0 Å². The average molecular weight is 987 g/mol. The number of aliphatic carboxylic acids is 2. The van der Waals surface area contributed by atoms with Crippen LogP contribution < -0.4 is 48.7 Å². The molecule has 0 spiro atoms. The van der Waals surface area contributed by atoms with Gasteiger partial charge in [0.05, 0.1) is 25.0 Å². The Morgan fingerprint density at radius 1 is 0.821 bits per heavy atom. The van der Waals surface area contributed by atoms with E-state index in [1.54, 1.807) is 13.8 Å². The molecule has 67 heavy (non-hydrogen) atoms. The van der Waals surface area contributed by atoms with E-state index in [2.05, 4.69) is 72.4 Å². The summed E-state index contributed by atoms with van der Waals surface area (Å²) in [6, 6.07) is -10.8. The first-order valence-electron chi connectivity index (χ1n) is 21.9. The van der Waals surface area contributed by atoms with Crippen molar-refractivity contribution in [2.45, 2.75) is 133 Å². The van der Waals surface area contributed by atoms with Crippen molar-refractivity contribution in [2.24, 2.45) is 17.4 Å². The van der Waals surface area contributed by atoms with Gasteiger partial charge in [0, 0.05) is 42.8 Å². The van der Waals surface area contributed by atoms with Crippen LogP contribution in [0.5, 0.6) is 0 Å². The van der Waals surface area contributed by atoms with Crippen LogP contribution in [0.3, 0.4) is 0 Å². The van der Waals surface area contributed by atoms with Crippen molar-refractivity contribution in [3.63, 3.8) is 0 Å². The summed E-state index contributed by atoms with van der Waals surface area (Å²) in [5.74, 6) is -10.1. The molecule has 0 radical (unpaired) electrons. The molecular weight excluding hydrogens is 921 g/mol. The number of hydrogen-bond donors (Lipinski definition) is 15. The molecule has 15 N–H and O–H groups in total. The minimum absolute atomic E-state index is 0.00243. The van der Waals surface area contributed by atoms with Crippen LogP contribution in [0.25, 0.3) is 0 Å². The number of amides is 8. The monoisotopic (exact) mass is 986 g/mol. The molecule has 0 bridgehead atoms. The number of aromatic nitrogens is 2. The largest absolute Gasteiger partial charge is 0.481 e. The predicted octanol–water partition coefficient (Wildman–Crippen LogP) is -4.34. The summed E-state index contributed by atoms with van der Waals surface area (Å²) in [5.41, 5.74) is 11.7. The Balaban J connectivity index is 2.35. The van der Waals surface area contributed by atoms with Crippen LogP contribution >= 0.6 is 25.3 Å². The second-order valence-corrected chi connectivity index (χ2v) is 16.8. The molecule has 0 saturated carbocycles. The number of thiol groups is 2. The number of aromatic amines is 1. The number of carbonyl (C=O) groups is 10. The number of rotatable bonds is 30. The third kappa shape index (κ3) is 19.0. The molecule has 8 amide bonds. The van der Waals surface area contributed by atoms with Gasteiger partial charge >= 0.3 is 11.9 Å². The Hall–Kier alpha value is -5.51. The summed E-state index contributed by atoms with van der Waals surface area (Å²) < 4.78 is 0. The first kappa shape index (κ1) is 57.6. The van der Waals surface area contributed by atoms with E-state index in [0.717, 1.165) is 6.92 Å². The highest BCUT2D eigenvalue weighted by atomic mass is 32.1. The number of imidazole rings is 1. The molecule has 0 unspecified atom stereocenters. The number of carbonyl (C=O) groups excluding carboxylic acids is 8. The molecule has 1 aromatic rings. The zero-order valence-electron chi connectivity index (χ0n) is 37.7. The number of hydrogen-bond acceptors (Lipinski definition) is 16. The number of nitrogens with one attached hydrogen (secondary N) is 8. The molecule has 10 atom stereocenters. The molecule has 25 nitrogen and oxygen atoms in total. The lowest BCUT2D eigenvalue weighted by atomic mass is 9.97. The van der Waals surface area contributed by atoms with Crippen molar-refractivity contribution in [3.8, 4) is 0 Å². The quantitative estimate of drug-likeness (QED) is 0.0256. The fourth-order valence-corrected chi connectivity index (χ4v) is 7.25. The number of aliphatic hydroxyl groups excluding tert-OH is 1. The highest BCUT2D eigenvalue weighted by Gasteiger charge is 2.41. The van der Waals surface area contributed by atoms with Crippen molar-refractivity contribution < 1.29 is 63.3 Å². The van der Waals surface area contributed by atoms with Crippen molar-refractivity contribution in [2.75, 3.05) is 31.1 Å². The molecule has 1 fully saturated rings. The van der Waals surface area contributed by atoms with E-state index in [9.17, 15) is 63.3 Å². The standard InChI is InChI=1S/C40H66N12O13S2/c1-4-20(2)31(50-29(54)16-44-33(57)23(42)17-66)37(61)48-26(14-22-15-43-19-45-22)39(63)52-13-7-9-28(52)36(60)46-25(10-11-30(55)56)35(59)51-32(21(3)53)38(62)47-24(8-5-6-12-41)34(58)49-27(18-67)40(64)65/h15,19-21,23-28,31-32,53,66-67H,4-14,16-18,41-42H2,1-3H3,(H,43,45)(H,44,57)(H,46,60)(H,47,62)(H,48,61)(H,49,58)(H,50,54)(H,51,59)(H,55,56)(H,64,65)/t20-,21+,23-,24-,25-,26-,27-,28-,31-,32-/m0/s1. The van der Waals surface area contributed by atoms with Gasteiger partial charge in [-0.05, 0) is 57.9 Å². The zero-order chi connectivity index (χ0) is 50.4. The maximum absolute atomic E-state index is 14.4. The molecular formula is C40H66N12O13S2. The smallest absolute Gasteiger partial charge is 0.327 e. The summed E-state index contributed by atoms with van der Waals surface area (Å²) in [4.78, 5) is 139. The highest BCUT2D eigenvalue weighted by Crippen LogP contribution is 2.21. The molecule has 27 heteroatoms. The number of carboxylic acid groups (broad SMARTS) is 2. The zero-order valence-corrected chi connectivity index (χ0v) is 39.5. The van der Waals surface area contributed by atoms with E-state index in [1.807, 2.05) is 0 Å². The highest BCUT2D eigenvalue weighted by molar-refractivity contribution is 7.80. The Bertz CT molecular complexity index is 1860. The van der Waals surface area contributed by atoms with E-state index >= 15 is 0 Å². The van der Waals surface area contributed by atoms with Crippen LogP contribution in [-0.2, 0) is 54.4 Å². The molecule has 1 aliphatic heterocycles. The van der Waals surface area contributed by atoms with Crippen LogP contribution in [0, 0.1) is 5.92 Å². The minimum atomic E-state index is -1.77. The van der Waals surface area contributed by atoms with Gasteiger partial charge in [-0.25, -0.2) is 9.78 Å². The summed E-state index contributed by atoms with van der Waals surface area (Å²) in [6.07, 6.45) is 1.47. The summed E-state index contributed by atoms with van der Waals surface area (Å²) in [7, 11) is 0. The van der Waals surface area contributed by atoms with Crippen LogP contribution in [-0.4, -0.2) is 175 Å². The lowest BCUT2D eigenvalue weighted by molar-refractivity contribution is -0.143. The second-order valence-electron chi connectivity index (χ2n) is 16.1. The van der Waals surface area contributed by atoms with Gasteiger partial charge in [-0.1, -0.05) is 20.3 Å². The molecule has 1 aromatic heterocycles. The summed E-state index contributed by atoms with van der Waals surface area (Å²) in [5, 5.41) is 46.7. The number of aliphatic hydroxyl groups is 1. The lowest BCUT2D eigenvalue weighted by Gasteiger charge is -2.31. The summed E-state index contributed by atoms with van der Waals surface area (Å²) in [6.45, 7) is 4.42. The fraction of sp³-hybridized carbons (Fsp3) is 0.675. The van der Waals surface area contributed by atoms with Gasteiger partial charge in [-0.15, -0.1) is 0 Å². The minimum Gasteiger partial charge on any atom is -0.481 e. The van der Waals surface area contributed by atoms with Gasteiger partial charge in [-0.3, -0.25) is 43.2 Å². The van der Waals surface area contributed by atoms with E-state index in [0.29, 0.717) is 31.4 Å². The van der Waals surface area contributed by atoms with Crippen molar-refractivity contribution in [1.82, 2.24) is 52.1 Å². The topological polar surface area (TPSA) is 400 Å². The molecule has 0 aliphatic carbocycles. The number of nitrogens with two attached hydrogens (primary N) is 2. The van der Waals surface area contributed by atoms with Gasteiger partial charge < -0.3 is 73.9 Å². The average Bonchev–Trinajstić information content (AvgIpc) is 4.01. The van der Waals surface area contributed by atoms with Gasteiger partial charge in [0.1, 0.15) is 42.3 Å². The van der Waals surface area contributed by atoms with Gasteiger partial charge in [0.15, 0.2) is 0 Å². The molecule has 1 aliphatic rings. The molecule has 2 heterocycles. The Morgan fingerprint density at radius 3 is 2.01 bits per heavy atom. The third-order valence-electron chi connectivity index (χ3n) is 10.9. The molecule has 376 valence electrons. The van der Waals surface area contributed by atoms with Crippen LogP contribution in [0.15, 0.2) is 12.5 Å². The van der Waals surface area contributed by atoms with Crippen LogP contribution in [0.1, 0.15) is 77.8 Å².